The van der Waals surface area contributed by atoms with E-state index in [2.05, 4.69) is 26.6 Å². The number of nitrogens with one attached hydrogen (secondary N) is 5. The van der Waals surface area contributed by atoms with E-state index >= 15 is 0 Å². The molecule has 2 unspecified atom stereocenters. The Labute approximate surface area is 208 Å². The molecule has 4 amide bonds. The quantitative estimate of drug-likeness (QED) is 0.137. The van der Waals surface area contributed by atoms with E-state index in [0.29, 0.717) is 38.8 Å². The van der Waals surface area contributed by atoms with Gasteiger partial charge in [0.1, 0.15) is 11.8 Å². The van der Waals surface area contributed by atoms with Gasteiger partial charge >= 0.3 is 0 Å². The van der Waals surface area contributed by atoms with E-state index in [1.807, 2.05) is 37.3 Å². The lowest BCUT2D eigenvalue weighted by atomic mass is 10.1. The molecule has 196 valence electrons. The van der Waals surface area contributed by atoms with Crippen LogP contribution in [-0.4, -0.2) is 66.7 Å². The third-order valence-corrected chi connectivity index (χ3v) is 5.45. The molecule has 0 fully saturated rings. The number of amides is 4. The monoisotopic (exact) mass is 491 g/mol. The van der Waals surface area contributed by atoms with Crippen LogP contribution in [0.5, 0.6) is 0 Å². The van der Waals surface area contributed by atoms with Gasteiger partial charge in [-0.3, -0.25) is 24.5 Å². The smallest absolute Gasteiger partial charge is 0.242 e. The van der Waals surface area contributed by atoms with Crippen molar-refractivity contribution in [1.82, 2.24) is 26.6 Å². The number of hydrogen-bond donors (Lipinski definition) is 6. The zero-order chi connectivity index (χ0) is 26.1. The number of carbonyl (C=O) groups is 4. The van der Waals surface area contributed by atoms with E-state index in [0.717, 1.165) is 18.4 Å². The maximum absolute atomic E-state index is 12.3. The Morgan fingerprint density at radius 2 is 1.54 bits per heavy atom. The minimum Gasteiger partial charge on any atom is -0.376 e. The number of benzene rings is 1. The lowest BCUT2D eigenvalue weighted by molar-refractivity contribution is -0.130. The van der Waals surface area contributed by atoms with Gasteiger partial charge in [0.05, 0.1) is 13.1 Å². The molecule has 35 heavy (non-hydrogen) atoms. The molecule has 0 aliphatic rings. The van der Waals surface area contributed by atoms with E-state index in [-0.39, 0.29) is 24.9 Å². The summed E-state index contributed by atoms with van der Waals surface area (Å²) in [6.07, 6.45) is 3.57. The highest BCUT2D eigenvalue weighted by atomic mass is 16.3. The molecule has 0 aromatic heterocycles. The normalized spacial score (nSPS) is 13.3. The van der Waals surface area contributed by atoms with Crippen molar-refractivity contribution >= 4 is 23.6 Å². The molecule has 10 heteroatoms. The van der Waals surface area contributed by atoms with Crippen LogP contribution >= 0.6 is 0 Å². The Kier molecular flexibility index (Phi) is 14.3. The van der Waals surface area contributed by atoms with Crippen LogP contribution in [0.15, 0.2) is 30.3 Å². The molecule has 10 nitrogen and oxygen atoms in total. The summed E-state index contributed by atoms with van der Waals surface area (Å²) in [4.78, 5) is 48.5. The van der Waals surface area contributed by atoms with Gasteiger partial charge in [-0.05, 0) is 45.2 Å². The highest BCUT2D eigenvalue weighted by molar-refractivity contribution is 5.91. The van der Waals surface area contributed by atoms with Crippen molar-refractivity contribution < 1.29 is 24.3 Å². The predicted molar refractivity (Wildman–Crippen MR) is 134 cm³/mol. The lowest BCUT2D eigenvalue weighted by Gasteiger charge is -2.22. The fourth-order valence-electron chi connectivity index (χ4n) is 3.18. The maximum Gasteiger partial charge on any atom is 0.242 e. The second-order valence-corrected chi connectivity index (χ2v) is 8.62. The molecule has 0 saturated carbocycles. The highest BCUT2D eigenvalue weighted by Gasteiger charge is 2.21. The van der Waals surface area contributed by atoms with Crippen molar-refractivity contribution in [2.24, 2.45) is 0 Å². The Hall–Kier alpha value is -2.98. The van der Waals surface area contributed by atoms with Crippen LogP contribution < -0.4 is 26.6 Å². The molecule has 0 saturated heterocycles. The topological polar surface area (TPSA) is 149 Å². The first kappa shape index (κ1) is 30.1. The second-order valence-electron chi connectivity index (χ2n) is 8.62. The minimum atomic E-state index is -0.869. The first-order valence-corrected chi connectivity index (χ1v) is 12.3. The molecule has 0 aliphatic carbocycles. The van der Waals surface area contributed by atoms with Crippen LogP contribution in [0, 0.1) is 0 Å². The Morgan fingerprint density at radius 1 is 0.886 bits per heavy atom. The van der Waals surface area contributed by atoms with Crippen molar-refractivity contribution in [3.63, 3.8) is 0 Å². The summed E-state index contributed by atoms with van der Waals surface area (Å²) >= 11 is 0. The summed E-state index contributed by atoms with van der Waals surface area (Å²) in [7, 11) is 0. The average Bonchev–Trinajstić information content (AvgIpc) is 2.84. The molecule has 1 rings (SSSR count). The van der Waals surface area contributed by atoms with Crippen molar-refractivity contribution in [2.75, 3.05) is 26.2 Å². The van der Waals surface area contributed by atoms with Crippen LogP contribution in [0.2, 0.25) is 0 Å². The number of rotatable bonds is 17. The van der Waals surface area contributed by atoms with Gasteiger partial charge in [-0.15, -0.1) is 0 Å². The average molecular weight is 492 g/mol. The summed E-state index contributed by atoms with van der Waals surface area (Å²) in [5, 5.41) is 23.2. The van der Waals surface area contributed by atoms with Crippen LogP contribution in [0.3, 0.4) is 0 Å². The van der Waals surface area contributed by atoms with Gasteiger partial charge < -0.3 is 26.4 Å². The number of unbranched alkanes of at least 4 members (excludes halogenated alkanes) is 2. The molecule has 0 aliphatic heterocycles. The first-order chi connectivity index (χ1) is 16.7. The molecule has 0 bridgehead atoms. The zero-order valence-electron chi connectivity index (χ0n) is 21.1. The molecule has 1 aromatic carbocycles. The third kappa shape index (κ3) is 14.1. The third-order valence-electron chi connectivity index (χ3n) is 5.45. The fraction of sp³-hybridized carbons (Fsp3) is 0.600. The summed E-state index contributed by atoms with van der Waals surface area (Å²) in [6.45, 7) is 6.00. The van der Waals surface area contributed by atoms with Crippen molar-refractivity contribution in [1.29, 1.82) is 0 Å². The Morgan fingerprint density at radius 3 is 2.20 bits per heavy atom. The SMILES string of the molecule is CCNC(=O)C(Cc1ccccc1)NC(=O)CNC(=O)CNC(=O)CCCCCNC(C)(O)CC. The van der Waals surface area contributed by atoms with Crippen LogP contribution in [0.1, 0.15) is 58.4 Å². The Balaban J connectivity index is 2.27. The van der Waals surface area contributed by atoms with Crippen molar-refractivity contribution in [3.8, 4) is 0 Å². The molecule has 0 radical (unpaired) electrons. The van der Waals surface area contributed by atoms with E-state index in [9.17, 15) is 24.3 Å². The Bertz CT molecular complexity index is 801. The van der Waals surface area contributed by atoms with Crippen LogP contribution in [0.4, 0.5) is 0 Å². The van der Waals surface area contributed by atoms with E-state index < -0.39 is 23.6 Å². The molecule has 6 N–H and O–H groups in total. The zero-order valence-corrected chi connectivity index (χ0v) is 21.1. The summed E-state index contributed by atoms with van der Waals surface area (Å²) in [6, 6.07) is 8.57. The minimum absolute atomic E-state index is 0.225. The lowest BCUT2D eigenvalue weighted by Crippen LogP contribution is -2.51. The number of aliphatic hydroxyl groups is 1. The van der Waals surface area contributed by atoms with Crippen LogP contribution in [0.25, 0.3) is 0 Å². The second kappa shape index (κ2) is 16.6. The van der Waals surface area contributed by atoms with E-state index in [4.69, 9.17) is 0 Å². The van der Waals surface area contributed by atoms with E-state index in [1.54, 1.807) is 13.8 Å². The predicted octanol–water partition coefficient (Wildman–Crippen LogP) is 0.351. The van der Waals surface area contributed by atoms with Gasteiger partial charge in [0.25, 0.3) is 0 Å². The van der Waals surface area contributed by atoms with Gasteiger partial charge in [-0.1, -0.05) is 43.7 Å². The summed E-state index contributed by atoms with van der Waals surface area (Å²) < 4.78 is 0. The molecule has 0 spiro atoms. The van der Waals surface area contributed by atoms with Crippen LogP contribution in [-0.2, 0) is 25.6 Å². The van der Waals surface area contributed by atoms with Crippen molar-refractivity contribution in [3.05, 3.63) is 35.9 Å². The molecular formula is C25H41N5O5. The number of likely N-dealkylation sites (N-methyl/N-ethyl adjacent to an activating group) is 1. The number of hydrogen-bond acceptors (Lipinski definition) is 6. The standard InChI is InChI=1S/C25H41N5O5/c1-4-25(3,35)29-15-11-7-10-14-21(31)27-17-22(32)28-18-23(33)30-20(24(34)26-5-2)16-19-12-8-6-9-13-19/h6,8-9,12-13,20,29,35H,4-5,7,10-11,14-18H2,1-3H3,(H,26,34)(H,27,31)(H,28,32)(H,30,33). The first-order valence-electron chi connectivity index (χ1n) is 12.3. The summed E-state index contributed by atoms with van der Waals surface area (Å²) in [5.41, 5.74) is 0.0340. The fourth-order valence-corrected chi connectivity index (χ4v) is 3.18. The van der Waals surface area contributed by atoms with Crippen molar-refractivity contribution in [2.45, 2.75) is 71.1 Å². The van der Waals surface area contributed by atoms with Gasteiger partial charge in [-0.2, -0.15) is 0 Å². The van der Waals surface area contributed by atoms with Gasteiger partial charge in [0, 0.05) is 19.4 Å². The van der Waals surface area contributed by atoms with Gasteiger partial charge in [0.2, 0.25) is 23.6 Å². The maximum atomic E-state index is 12.3. The number of carbonyl (C=O) groups excluding carboxylic acids is 4. The molecular weight excluding hydrogens is 450 g/mol. The van der Waals surface area contributed by atoms with Gasteiger partial charge in [0.15, 0.2) is 0 Å². The molecule has 0 heterocycles. The molecule has 2 atom stereocenters. The largest absolute Gasteiger partial charge is 0.376 e. The van der Waals surface area contributed by atoms with Gasteiger partial charge in [-0.25, -0.2) is 0 Å². The summed E-state index contributed by atoms with van der Waals surface area (Å²) in [5.74, 6) is -1.52. The molecule has 1 aromatic rings. The van der Waals surface area contributed by atoms with E-state index in [1.165, 1.54) is 0 Å². The highest BCUT2D eigenvalue weighted by Crippen LogP contribution is 2.05.